The first-order valence-corrected chi connectivity index (χ1v) is 9.86. The Kier molecular flexibility index (Phi) is 4.53. The Hall–Kier alpha value is -1.48. The van der Waals surface area contributed by atoms with Crippen molar-refractivity contribution in [1.29, 1.82) is 0 Å². The summed E-state index contributed by atoms with van der Waals surface area (Å²) in [6.07, 6.45) is 1.24. The summed E-state index contributed by atoms with van der Waals surface area (Å²) in [5.74, 6) is 0.796. The molecule has 1 aliphatic heterocycles. The van der Waals surface area contributed by atoms with Gasteiger partial charge in [-0.25, -0.2) is 4.98 Å². The first-order valence-electron chi connectivity index (χ1n) is 8.25. The summed E-state index contributed by atoms with van der Waals surface area (Å²) in [6, 6.07) is 8.06. The normalized spacial score (nSPS) is 18.0. The molecule has 4 rings (SSSR count). The maximum absolute atomic E-state index is 10.8. The first-order chi connectivity index (χ1) is 12.0. The minimum absolute atomic E-state index is 0.0844. The van der Waals surface area contributed by atoms with Crippen LogP contribution >= 0.6 is 27.3 Å². The van der Waals surface area contributed by atoms with Gasteiger partial charge in [-0.15, -0.1) is 5.10 Å². The van der Waals surface area contributed by atoms with Gasteiger partial charge in [0.2, 0.25) is 10.8 Å². The second kappa shape index (κ2) is 6.68. The Morgan fingerprint density at radius 2 is 2.08 bits per heavy atom. The van der Waals surface area contributed by atoms with E-state index in [1.54, 1.807) is 0 Å². The van der Waals surface area contributed by atoms with Gasteiger partial charge in [-0.2, -0.15) is 4.52 Å². The summed E-state index contributed by atoms with van der Waals surface area (Å²) in [4.78, 5) is 8.23. The molecule has 1 saturated heterocycles. The lowest BCUT2D eigenvalue weighted by atomic mass is 9.99. The standard InChI is InChI=1S/C17H19BrN4O2S/c1-10-19-17-22(20-10)16(24)15(25-17)14(11-3-2-4-12(18)9-11)21-7-5-13(23)6-8-21/h2-4,9,13-14,23-24H,5-8H2,1H3. The van der Waals surface area contributed by atoms with Crippen molar-refractivity contribution < 1.29 is 10.2 Å². The molecule has 0 radical (unpaired) electrons. The van der Waals surface area contributed by atoms with Gasteiger partial charge in [0.05, 0.1) is 17.0 Å². The molecule has 1 fully saturated rings. The van der Waals surface area contributed by atoms with Crippen LogP contribution in [0.5, 0.6) is 5.88 Å². The van der Waals surface area contributed by atoms with Crippen molar-refractivity contribution in [3.05, 3.63) is 45.0 Å². The number of rotatable bonds is 3. The summed E-state index contributed by atoms with van der Waals surface area (Å²) in [5.41, 5.74) is 1.10. The van der Waals surface area contributed by atoms with Crippen molar-refractivity contribution in [2.24, 2.45) is 0 Å². The molecule has 1 atom stereocenters. The van der Waals surface area contributed by atoms with Gasteiger partial charge in [0.15, 0.2) is 0 Å². The number of fused-ring (bicyclic) bond motifs is 1. The SMILES string of the molecule is Cc1nc2sc(C(c3cccc(Br)c3)N3CCC(O)CC3)c(O)n2n1. The Morgan fingerprint density at radius 3 is 2.76 bits per heavy atom. The van der Waals surface area contributed by atoms with Crippen molar-refractivity contribution in [3.63, 3.8) is 0 Å². The van der Waals surface area contributed by atoms with Crippen LogP contribution in [-0.4, -0.2) is 48.9 Å². The van der Waals surface area contributed by atoms with Crippen LogP contribution in [0.15, 0.2) is 28.7 Å². The highest BCUT2D eigenvalue weighted by atomic mass is 79.9. The Labute approximate surface area is 157 Å². The smallest absolute Gasteiger partial charge is 0.230 e. The van der Waals surface area contributed by atoms with E-state index in [2.05, 4.69) is 43.0 Å². The molecule has 0 bridgehead atoms. The first kappa shape index (κ1) is 17.0. The van der Waals surface area contributed by atoms with Gasteiger partial charge in [0.1, 0.15) is 5.82 Å². The molecule has 25 heavy (non-hydrogen) atoms. The van der Waals surface area contributed by atoms with Crippen molar-refractivity contribution in [2.45, 2.75) is 31.9 Å². The van der Waals surface area contributed by atoms with E-state index >= 15 is 0 Å². The average molecular weight is 423 g/mol. The maximum atomic E-state index is 10.8. The number of aryl methyl sites for hydroxylation is 1. The maximum Gasteiger partial charge on any atom is 0.230 e. The molecule has 0 amide bonds. The lowest BCUT2D eigenvalue weighted by molar-refractivity contribution is 0.0689. The van der Waals surface area contributed by atoms with Gasteiger partial charge < -0.3 is 10.2 Å². The monoisotopic (exact) mass is 422 g/mol. The van der Waals surface area contributed by atoms with Crippen LogP contribution < -0.4 is 0 Å². The van der Waals surface area contributed by atoms with Crippen LogP contribution in [0.1, 0.15) is 35.1 Å². The molecule has 1 aliphatic rings. The summed E-state index contributed by atoms with van der Waals surface area (Å²) < 4.78 is 2.51. The summed E-state index contributed by atoms with van der Waals surface area (Å²) in [6.45, 7) is 3.38. The summed E-state index contributed by atoms with van der Waals surface area (Å²) >= 11 is 5.01. The van der Waals surface area contributed by atoms with Crippen LogP contribution in [0.2, 0.25) is 0 Å². The van der Waals surface area contributed by atoms with E-state index in [9.17, 15) is 10.2 Å². The number of aromatic hydroxyl groups is 1. The second-order valence-corrected chi connectivity index (χ2v) is 8.29. The lowest BCUT2D eigenvalue weighted by Crippen LogP contribution is -2.38. The molecule has 2 aromatic heterocycles. The van der Waals surface area contributed by atoms with Gasteiger partial charge in [0.25, 0.3) is 0 Å². The number of aliphatic hydroxyl groups is 1. The molecule has 132 valence electrons. The van der Waals surface area contributed by atoms with E-state index in [0.29, 0.717) is 10.8 Å². The van der Waals surface area contributed by atoms with Gasteiger partial charge in [-0.3, -0.25) is 4.90 Å². The largest absolute Gasteiger partial charge is 0.492 e. The topological polar surface area (TPSA) is 73.9 Å². The second-order valence-electron chi connectivity index (χ2n) is 6.37. The highest BCUT2D eigenvalue weighted by Crippen LogP contribution is 2.41. The minimum atomic E-state index is -0.238. The third kappa shape index (κ3) is 3.19. The average Bonchev–Trinajstić information content (AvgIpc) is 3.08. The number of likely N-dealkylation sites (tertiary alicyclic amines) is 1. The zero-order chi connectivity index (χ0) is 17.6. The van der Waals surface area contributed by atoms with Crippen LogP contribution in [0.3, 0.4) is 0 Å². The van der Waals surface area contributed by atoms with Crippen molar-refractivity contribution >= 4 is 32.2 Å². The Bertz CT molecular complexity index is 901. The lowest BCUT2D eigenvalue weighted by Gasteiger charge is -2.36. The van der Waals surface area contributed by atoms with Gasteiger partial charge in [-0.05, 0) is 37.5 Å². The number of nitrogens with zero attached hydrogens (tertiary/aromatic N) is 4. The van der Waals surface area contributed by atoms with Gasteiger partial charge in [0, 0.05) is 17.6 Å². The van der Waals surface area contributed by atoms with Gasteiger partial charge in [-0.1, -0.05) is 39.4 Å². The predicted molar refractivity (Wildman–Crippen MR) is 100 cm³/mol. The fourth-order valence-electron chi connectivity index (χ4n) is 3.37. The van der Waals surface area contributed by atoms with Gasteiger partial charge >= 0.3 is 0 Å². The van der Waals surface area contributed by atoms with E-state index in [0.717, 1.165) is 40.8 Å². The number of thiazole rings is 1. The summed E-state index contributed by atoms with van der Waals surface area (Å²) in [5, 5.41) is 24.9. The highest BCUT2D eigenvalue weighted by molar-refractivity contribution is 9.10. The fraction of sp³-hybridized carbons (Fsp3) is 0.412. The quantitative estimate of drug-likeness (QED) is 0.677. The third-order valence-electron chi connectivity index (χ3n) is 4.58. The zero-order valence-electron chi connectivity index (χ0n) is 13.8. The molecule has 1 aromatic carbocycles. The molecule has 0 spiro atoms. The molecule has 3 heterocycles. The zero-order valence-corrected chi connectivity index (χ0v) is 16.2. The Balaban J connectivity index is 1.81. The molecule has 3 aromatic rings. The molecular weight excluding hydrogens is 404 g/mol. The third-order valence-corrected chi connectivity index (χ3v) is 6.15. The number of aliphatic hydroxyl groups excluding tert-OH is 1. The van der Waals surface area contributed by atoms with Crippen LogP contribution in [0.25, 0.3) is 4.96 Å². The minimum Gasteiger partial charge on any atom is -0.492 e. The van der Waals surface area contributed by atoms with Crippen molar-refractivity contribution in [1.82, 2.24) is 19.5 Å². The van der Waals surface area contributed by atoms with Crippen LogP contribution in [0.4, 0.5) is 0 Å². The molecule has 8 heteroatoms. The number of piperidine rings is 1. The van der Waals surface area contributed by atoms with E-state index in [4.69, 9.17) is 0 Å². The van der Waals surface area contributed by atoms with E-state index in [1.165, 1.54) is 15.9 Å². The highest BCUT2D eigenvalue weighted by Gasteiger charge is 2.31. The van der Waals surface area contributed by atoms with E-state index in [-0.39, 0.29) is 18.0 Å². The molecule has 0 aliphatic carbocycles. The number of aromatic nitrogens is 3. The number of halogens is 1. The molecular formula is C17H19BrN4O2S. The van der Waals surface area contributed by atoms with E-state index < -0.39 is 0 Å². The summed E-state index contributed by atoms with van der Waals surface area (Å²) in [7, 11) is 0. The number of hydrogen-bond donors (Lipinski definition) is 2. The van der Waals surface area contributed by atoms with Crippen LogP contribution in [-0.2, 0) is 0 Å². The van der Waals surface area contributed by atoms with Crippen LogP contribution in [0, 0.1) is 6.92 Å². The molecule has 0 saturated carbocycles. The molecule has 6 nitrogen and oxygen atoms in total. The van der Waals surface area contributed by atoms with E-state index in [1.807, 2.05) is 19.1 Å². The number of benzene rings is 1. The number of hydrogen-bond acceptors (Lipinski definition) is 6. The van der Waals surface area contributed by atoms with Crippen molar-refractivity contribution in [2.75, 3.05) is 13.1 Å². The Morgan fingerprint density at radius 1 is 1.32 bits per heavy atom. The van der Waals surface area contributed by atoms with Crippen molar-refractivity contribution in [3.8, 4) is 5.88 Å². The predicted octanol–water partition coefficient (Wildman–Crippen LogP) is 3.11. The fourth-order valence-corrected chi connectivity index (χ4v) is 4.95. The molecule has 1 unspecified atom stereocenters. The molecule has 2 N–H and O–H groups in total.